The van der Waals surface area contributed by atoms with Crippen molar-refractivity contribution in [3.63, 3.8) is 0 Å². The highest BCUT2D eigenvalue weighted by Gasteiger charge is 2.28. The number of carbonyl (C=O) groups excluding carboxylic acids is 1. The maximum absolute atomic E-state index is 12.6. The molecule has 0 aliphatic carbocycles. The molecule has 0 bridgehead atoms. The average Bonchev–Trinajstić information content (AvgIpc) is 3.29. The fourth-order valence-corrected chi connectivity index (χ4v) is 6.08. The third-order valence-electron chi connectivity index (χ3n) is 4.72. The van der Waals surface area contributed by atoms with Gasteiger partial charge in [0.05, 0.1) is 6.42 Å². The molecule has 1 aliphatic rings. The average molecular weight is 393 g/mol. The highest BCUT2D eigenvalue weighted by Crippen LogP contribution is 2.27. The third kappa shape index (κ3) is 4.16. The lowest BCUT2D eigenvalue weighted by Crippen LogP contribution is -2.28. The van der Waals surface area contributed by atoms with Gasteiger partial charge in [-0.1, -0.05) is 24.3 Å². The Balaban J connectivity index is 1.65. The first-order valence-corrected chi connectivity index (χ1v) is 11.0. The molecule has 0 unspecified atom stereocenters. The Bertz CT molecular complexity index is 884. The maximum atomic E-state index is 12.6. The second kappa shape index (κ2) is 7.90. The molecule has 26 heavy (non-hydrogen) atoms. The molecule has 1 amide bonds. The van der Waals surface area contributed by atoms with E-state index in [9.17, 15) is 13.2 Å². The SMILES string of the molecule is Cc1ccccc1CN(C)C(=O)Cc1ccc(S(=O)(=O)N2CCCC2)s1. The van der Waals surface area contributed by atoms with Gasteiger partial charge in [0.25, 0.3) is 10.0 Å². The van der Waals surface area contributed by atoms with Crippen molar-refractivity contribution < 1.29 is 13.2 Å². The summed E-state index contributed by atoms with van der Waals surface area (Å²) in [5.74, 6) is -0.0137. The normalized spacial score (nSPS) is 15.3. The van der Waals surface area contributed by atoms with Crippen molar-refractivity contribution in [1.29, 1.82) is 0 Å². The molecule has 140 valence electrons. The number of hydrogen-bond donors (Lipinski definition) is 0. The number of sulfonamides is 1. The van der Waals surface area contributed by atoms with E-state index in [1.807, 2.05) is 31.2 Å². The van der Waals surface area contributed by atoms with Crippen LogP contribution in [-0.2, 0) is 27.8 Å². The number of nitrogens with zero attached hydrogens (tertiary/aromatic N) is 2. The Morgan fingerprint density at radius 3 is 2.54 bits per heavy atom. The first kappa shape index (κ1) is 19.1. The zero-order valence-corrected chi connectivity index (χ0v) is 16.8. The molecule has 1 aromatic carbocycles. The van der Waals surface area contributed by atoms with E-state index in [-0.39, 0.29) is 12.3 Å². The summed E-state index contributed by atoms with van der Waals surface area (Å²) in [4.78, 5) is 15.0. The highest BCUT2D eigenvalue weighted by molar-refractivity contribution is 7.91. The predicted octanol–water partition coefficient (Wildman–Crippen LogP) is 3.04. The number of aryl methyl sites for hydroxylation is 1. The van der Waals surface area contributed by atoms with Crippen LogP contribution in [-0.4, -0.2) is 43.7 Å². The third-order valence-corrected chi connectivity index (χ3v) is 8.17. The smallest absolute Gasteiger partial charge is 0.252 e. The van der Waals surface area contributed by atoms with Crippen molar-refractivity contribution in [1.82, 2.24) is 9.21 Å². The molecule has 7 heteroatoms. The van der Waals surface area contributed by atoms with E-state index in [0.29, 0.717) is 23.8 Å². The van der Waals surface area contributed by atoms with E-state index in [0.717, 1.165) is 28.8 Å². The topological polar surface area (TPSA) is 57.7 Å². The van der Waals surface area contributed by atoms with Gasteiger partial charge in [-0.2, -0.15) is 4.31 Å². The summed E-state index contributed by atoms with van der Waals surface area (Å²) in [7, 11) is -1.62. The Morgan fingerprint density at radius 1 is 1.15 bits per heavy atom. The molecular weight excluding hydrogens is 368 g/mol. The monoisotopic (exact) mass is 392 g/mol. The number of thiophene rings is 1. The standard InChI is InChI=1S/C19H24N2O3S2/c1-15-7-3-4-8-16(15)14-20(2)18(22)13-17-9-10-19(25-17)26(23,24)21-11-5-6-12-21/h3-4,7-10H,5-6,11-14H2,1-2H3. The van der Waals surface area contributed by atoms with E-state index >= 15 is 0 Å². The van der Waals surface area contributed by atoms with Gasteiger partial charge in [-0.25, -0.2) is 8.42 Å². The van der Waals surface area contributed by atoms with Crippen LogP contribution in [0.1, 0.15) is 28.8 Å². The molecule has 5 nitrogen and oxygen atoms in total. The number of amides is 1. The fourth-order valence-electron chi connectivity index (χ4n) is 3.06. The van der Waals surface area contributed by atoms with Crippen LogP contribution in [0.25, 0.3) is 0 Å². The molecule has 0 N–H and O–H groups in total. The number of benzene rings is 1. The van der Waals surface area contributed by atoms with Gasteiger partial charge in [0.15, 0.2) is 0 Å². The van der Waals surface area contributed by atoms with Crippen molar-refractivity contribution in [3.8, 4) is 0 Å². The molecule has 1 aliphatic heterocycles. The lowest BCUT2D eigenvalue weighted by molar-refractivity contribution is -0.129. The lowest BCUT2D eigenvalue weighted by atomic mass is 10.1. The van der Waals surface area contributed by atoms with Gasteiger partial charge in [-0.05, 0) is 43.0 Å². The van der Waals surface area contributed by atoms with Gasteiger partial charge in [0.1, 0.15) is 4.21 Å². The van der Waals surface area contributed by atoms with Crippen molar-refractivity contribution in [2.45, 2.75) is 36.9 Å². The molecule has 1 aromatic heterocycles. The van der Waals surface area contributed by atoms with Crippen LogP contribution in [0, 0.1) is 6.92 Å². The van der Waals surface area contributed by atoms with Gasteiger partial charge in [-0.15, -0.1) is 11.3 Å². The second-order valence-electron chi connectivity index (χ2n) is 6.68. The van der Waals surface area contributed by atoms with Crippen LogP contribution in [0.2, 0.25) is 0 Å². The lowest BCUT2D eigenvalue weighted by Gasteiger charge is -2.18. The molecule has 0 spiro atoms. The first-order valence-electron chi connectivity index (χ1n) is 8.75. The number of likely N-dealkylation sites (N-methyl/N-ethyl adjacent to an activating group) is 1. The molecule has 2 heterocycles. The molecule has 1 saturated heterocycles. The van der Waals surface area contributed by atoms with Crippen LogP contribution < -0.4 is 0 Å². The fraction of sp³-hybridized carbons (Fsp3) is 0.421. The van der Waals surface area contributed by atoms with Crippen LogP contribution >= 0.6 is 11.3 Å². The largest absolute Gasteiger partial charge is 0.341 e. The molecule has 2 aromatic rings. The van der Waals surface area contributed by atoms with E-state index < -0.39 is 10.0 Å². The van der Waals surface area contributed by atoms with E-state index in [1.165, 1.54) is 15.6 Å². The van der Waals surface area contributed by atoms with Crippen molar-refractivity contribution in [2.75, 3.05) is 20.1 Å². The van der Waals surface area contributed by atoms with Crippen molar-refractivity contribution in [3.05, 3.63) is 52.4 Å². The molecule has 3 rings (SSSR count). The second-order valence-corrected chi connectivity index (χ2v) is 10.0. The summed E-state index contributed by atoms with van der Waals surface area (Å²) in [5.41, 5.74) is 2.27. The zero-order valence-electron chi connectivity index (χ0n) is 15.1. The van der Waals surface area contributed by atoms with Crippen molar-refractivity contribution in [2.24, 2.45) is 0 Å². The molecule has 1 fully saturated rings. The first-order chi connectivity index (χ1) is 12.4. The Hall–Kier alpha value is -1.70. The van der Waals surface area contributed by atoms with Crippen LogP contribution in [0.5, 0.6) is 0 Å². The highest BCUT2D eigenvalue weighted by atomic mass is 32.2. The summed E-state index contributed by atoms with van der Waals surface area (Å²) in [6, 6.07) is 11.4. The predicted molar refractivity (Wildman–Crippen MR) is 104 cm³/mol. The Labute approximate surface area is 159 Å². The van der Waals surface area contributed by atoms with Gasteiger partial charge in [0.2, 0.25) is 5.91 Å². The Morgan fingerprint density at radius 2 is 1.85 bits per heavy atom. The van der Waals surface area contributed by atoms with Crippen LogP contribution in [0.3, 0.4) is 0 Å². The minimum absolute atomic E-state index is 0.0137. The van der Waals surface area contributed by atoms with Gasteiger partial charge in [0, 0.05) is 31.6 Å². The number of rotatable bonds is 6. The molecule has 0 atom stereocenters. The number of carbonyl (C=O) groups is 1. The van der Waals surface area contributed by atoms with Crippen LogP contribution in [0.4, 0.5) is 0 Å². The van der Waals surface area contributed by atoms with Gasteiger partial charge < -0.3 is 4.90 Å². The Kier molecular flexibility index (Phi) is 5.79. The minimum atomic E-state index is -3.40. The molecule has 0 saturated carbocycles. The zero-order chi connectivity index (χ0) is 18.7. The van der Waals surface area contributed by atoms with E-state index in [1.54, 1.807) is 24.1 Å². The summed E-state index contributed by atoms with van der Waals surface area (Å²) in [5, 5.41) is 0. The van der Waals surface area contributed by atoms with Crippen molar-refractivity contribution >= 4 is 27.3 Å². The number of hydrogen-bond acceptors (Lipinski definition) is 4. The maximum Gasteiger partial charge on any atom is 0.252 e. The molecular formula is C19H24N2O3S2. The quantitative estimate of drug-likeness (QED) is 0.759. The summed E-state index contributed by atoms with van der Waals surface area (Å²) in [6.07, 6.45) is 2.06. The summed E-state index contributed by atoms with van der Waals surface area (Å²) in [6.45, 7) is 3.76. The van der Waals surface area contributed by atoms with Crippen LogP contribution in [0.15, 0.2) is 40.6 Å². The minimum Gasteiger partial charge on any atom is -0.341 e. The molecule has 0 radical (unpaired) electrons. The summed E-state index contributed by atoms with van der Waals surface area (Å²) >= 11 is 1.20. The van der Waals surface area contributed by atoms with Gasteiger partial charge in [-0.3, -0.25) is 4.79 Å². The summed E-state index contributed by atoms with van der Waals surface area (Å²) < 4.78 is 27.0. The van der Waals surface area contributed by atoms with E-state index in [2.05, 4.69) is 0 Å². The van der Waals surface area contributed by atoms with E-state index in [4.69, 9.17) is 0 Å². The van der Waals surface area contributed by atoms with Gasteiger partial charge >= 0.3 is 0 Å².